The van der Waals surface area contributed by atoms with E-state index >= 15 is 0 Å². The molecule has 8 nitrogen and oxygen atoms in total. The summed E-state index contributed by atoms with van der Waals surface area (Å²) in [6.45, 7) is 0. The Kier molecular flexibility index (Phi) is 7.59. The lowest BCUT2D eigenvalue weighted by atomic mass is 9.78. The molecule has 0 spiro atoms. The first-order chi connectivity index (χ1) is 19.5. The van der Waals surface area contributed by atoms with Crippen LogP contribution in [0, 0.1) is 0 Å². The number of hydrogen-bond acceptors (Lipinski definition) is 6. The van der Waals surface area contributed by atoms with Gasteiger partial charge in [0.15, 0.2) is 11.5 Å². The molecule has 0 bridgehead atoms. The molecule has 4 aromatic carbocycles. The first-order valence-electron chi connectivity index (χ1n) is 12.7. The van der Waals surface area contributed by atoms with Crippen LogP contribution in [0.15, 0.2) is 91.0 Å². The van der Waals surface area contributed by atoms with E-state index in [1.54, 1.807) is 75.8 Å². The van der Waals surface area contributed by atoms with E-state index in [1.165, 1.54) is 0 Å². The first kappa shape index (κ1) is 26.6. The van der Waals surface area contributed by atoms with Crippen LogP contribution in [-0.2, 0) is 4.79 Å². The molecule has 4 aromatic rings. The Morgan fingerprint density at radius 3 is 1.98 bits per heavy atom. The molecule has 1 aliphatic heterocycles. The summed E-state index contributed by atoms with van der Waals surface area (Å²) in [5, 5.41) is 3.05. The molecule has 0 aromatic heterocycles. The predicted octanol–water partition coefficient (Wildman–Crippen LogP) is 5.85. The van der Waals surface area contributed by atoms with Crippen LogP contribution in [0.2, 0.25) is 0 Å². The third-order valence-electron chi connectivity index (χ3n) is 7.08. The zero-order valence-corrected chi connectivity index (χ0v) is 22.7. The fourth-order valence-electron chi connectivity index (χ4n) is 5.12. The van der Waals surface area contributed by atoms with Gasteiger partial charge in [0.25, 0.3) is 5.91 Å². The second-order valence-electron chi connectivity index (χ2n) is 9.22. The van der Waals surface area contributed by atoms with Crippen LogP contribution in [-0.4, -0.2) is 40.3 Å². The molecule has 0 saturated carbocycles. The first-order valence-corrected chi connectivity index (χ1v) is 12.7. The van der Waals surface area contributed by atoms with E-state index in [9.17, 15) is 9.59 Å². The van der Waals surface area contributed by atoms with Crippen molar-refractivity contribution in [1.29, 1.82) is 0 Å². The second kappa shape index (κ2) is 11.4. The molecule has 0 aliphatic carbocycles. The highest BCUT2D eigenvalue weighted by molar-refractivity contribution is 6.12. The summed E-state index contributed by atoms with van der Waals surface area (Å²) in [5.41, 5.74) is 3.09. The van der Waals surface area contributed by atoms with Gasteiger partial charge in [0.05, 0.1) is 40.4 Å². The van der Waals surface area contributed by atoms with Gasteiger partial charge in [-0.2, -0.15) is 0 Å². The van der Waals surface area contributed by atoms with E-state index in [0.29, 0.717) is 45.5 Å². The van der Waals surface area contributed by atoms with Crippen LogP contribution in [0.4, 0.5) is 11.4 Å². The molecule has 2 amide bonds. The Morgan fingerprint density at radius 2 is 1.35 bits per heavy atom. The summed E-state index contributed by atoms with van der Waals surface area (Å²) in [6.07, 6.45) is 0. The minimum Gasteiger partial charge on any atom is -0.497 e. The fourth-order valence-corrected chi connectivity index (χ4v) is 5.12. The average molecular weight is 539 g/mol. The van der Waals surface area contributed by atoms with Crippen LogP contribution in [0.1, 0.15) is 33.4 Å². The van der Waals surface area contributed by atoms with Gasteiger partial charge >= 0.3 is 0 Å². The van der Waals surface area contributed by atoms with Crippen molar-refractivity contribution in [3.63, 3.8) is 0 Å². The number of nitrogens with zero attached hydrogens (tertiary/aromatic N) is 1. The number of rotatable bonds is 8. The van der Waals surface area contributed by atoms with Crippen molar-refractivity contribution in [2.75, 3.05) is 38.7 Å². The third-order valence-corrected chi connectivity index (χ3v) is 7.08. The molecule has 1 N–H and O–H groups in total. The molecule has 204 valence electrons. The van der Waals surface area contributed by atoms with Crippen molar-refractivity contribution in [2.45, 2.75) is 12.0 Å². The van der Waals surface area contributed by atoms with Crippen molar-refractivity contribution in [1.82, 2.24) is 0 Å². The van der Waals surface area contributed by atoms with E-state index in [2.05, 4.69) is 5.32 Å². The van der Waals surface area contributed by atoms with Gasteiger partial charge in [-0.3, -0.25) is 14.5 Å². The molecule has 0 radical (unpaired) electrons. The number of methoxy groups -OCH3 is 4. The molecule has 0 saturated heterocycles. The van der Waals surface area contributed by atoms with Crippen LogP contribution in [0.5, 0.6) is 23.0 Å². The molecule has 0 fully saturated rings. The molecule has 2 atom stereocenters. The average Bonchev–Trinajstić information content (AvgIpc) is 3.01. The summed E-state index contributed by atoms with van der Waals surface area (Å²) >= 11 is 0. The maximum Gasteiger partial charge on any atom is 0.259 e. The molecule has 5 rings (SSSR count). The molecule has 40 heavy (non-hydrogen) atoms. The Bertz CT molecular complexity index is 1520. The Labute approximate surface area is 233 Å². The minimum atomic E-state index is -0.738. The zero-order chi connectivity index (χ0) is 28.2. The van der Waals surface area contributed by atoms with Gasteiger partial charge in [-0.05, 0) is 65.7 Å². The Hall–Kier alpha value is -4.98. The molecule has 8 heteroatoms. The minimum absolute atomic E-state index is 0.197. The normalized spacial score (nSPS) is 16.1. The fraction of sp³-hybridized carbons (Fsp3) is 0.188. The quantitative estimate of drug-likeness (QED) is 0.303. The predicted molar refractivity (Wildman–Crippen MR) is 153 cm³/mol. The Balaban J connectivity index is 1.65. The summed E-state index contributed by atoms with van der Waals surface area (Å²) in [5.74, 6) is 1.17. The van der Waals surface area contributed by atoms with Gasteiger partial charge in [0.1, 0.15) is 11.5 Å². The van der Waals surface area contributed by atoms with Crippen molar-refractivity contribution >= 4 is 23.2 Å². The summed E-state index contributed by atoms with van der Waals surface area (Å²) in [7, 11) is 6.28. The van der Waals surface area contributed by atoms with E-state index in [4.69, 9.17) is 18.9 Å². The van der Waals surface area contributed by atoms with E-state index < -0.39 is 12.0 Å². The molecule has 1 heterocycles. The van der Waals surface area contributed by atoms with Gasteiger partial charge in [-0.25, -0.2) is 0 Å². The van der Waals surface area contributed by atoms with Crippen LogP contribution < -0.4 is 29.2 Å². The van der Waals surface area contributed by atoms with Crippen molar-refractivity contribution in [2.24, 2.45) is 0 Å². The van der Waals surface area contributed by atoms with Crippen LogP contribution >= 0.6 is 0 Å². The van der Waals surface area contributed by atoms with Crippen molar-refractivity contribution < 1.29 is 28.5 Å². The number of carbonyl (C=O) groups is 2. The number of anilines is 2. The molecule has 0 unspecified atom stereocenters. The number of ether oxygens (including phenoxy) is 4. The van der Waals surface area contributed by atoms with E-state index in [1.807, 2.05) is 48.5 Å². The number of nitrogens with one attached hydrogen (secondary N) is 1. The van der Waals surface area contributed by atoms with Gasteiger partial charge in [0, 0.05) is 23.0 Å². The van der Waals surface area contributed by atoms with Crippen LogP contribution in [0.3, 0.4) is 0 Å². The summed E-state index contributed by atoms with van der Waals surface area (Å²) < 4.78 is 21.5. The third kappa shape index (κ3) is 4.91. The lowest BCUT2D eigenvalue weighted by Gasteiger charge is -2.42. The topological polar surface area (TPSA) is 86.3 Å². The van der Waals surface area contributed by atoms with Crippen molar-refractivity contribution in [3.8, 4) is 23.0 Å². The van der Waals surface area contributed by atoms with Gasteiger partial charge in [0.2, 0.25) is 5.91 Å². The lowest BCUT2D eigenvalue weighted by Crippen LogP contribution is -2.46. The lowest BCUT2D eigenvalue weighted by molar-refractivity contribution is -0.118. The number of hydrogen-bond donors (Lipinski definition) is 1. The van der Waals surface area contributed by atoms with Crippen molar-refractivity contribution in [3.05, 3.63) is 108 Å². The SMILES string of the molecule is COc1ccc([C@@H]2[C@@H](C(=O)Nc3ccc(OC)c(OC)c3)c3ccccc3C(=O)N2c2ccc(OC)cc2)cc1. The highest BCUT2D eigenvalue weighted by atomic mass is 16.5. The highest BCUT2D eigenvalue weighted by Crippen LogP contribution is 2.46. The Morgan fingerprint density at radius 1 is 0.725 bits per heavy atom. The van der Waals surface area contributed by atoms with E-state index in [-0.39, 0.29) is 11.8 Å². The molecule has 1 aliphatic rings. The largest absolute Gasteiger partial charge is 0.497 e. The highest BCUT2D eigenvalue weighted by Gasteiger charge is 2.45. The zero-order valence-electron chi connectivity index (χ0n) is 22.7. The monoisotopic (exact) mass is 538 g/mol. The van der Waals surface area contributed by atoms with E-state index in [0.717, 1.165) is 5.56 Å². The number of amides is 2. The standard InChI is InChI=1S/C32H30N2O6/c1-37-23-14-9-20(10-15-23)30-29(31(35)33-21-11-18-27(39-3)28(19-21)40-4)25-7-5-6-8-26(25)32(36)34(30)22-12-16-24(38-2)17-13-22/h5-19,29-30H,1-4H3,(H,33,35)/t29-,30+/m0/s1. The number of carbonyl (C=O) groups excluding carboxylic acids is 2. The van der Waals surface area contributed by atoms with Crippen LogP contribution in [0.25, 0.3) is 0 Å². The van der Waals surface area contributed by atoms with Gasteiger partial charge in [-0.1, -0.05) is 30.3 Å². The molecular formula is C32H30N2O6. The van der Waals surface area contributed by atoms with Gasteiger partial charge in [-0.15, -0.1) is 0 Å². The maximum absolute atomic E-state index is 14.2. The maximum atomic E-state index is 14.2. The van der Waals surface area contributed by atoms with Gasteiger partial charge < -0.3 is 24.3 Å². The molecular weight excluding hydrogens is 508 g/mol. The second-order valence-corrected chi connectivity index (χ2v) is 9.22. The summed E-state index contributed by atoms with van der Waals surface area (Å²) in [6, 6.07) is 26.5. The number of fused-ring (bicyclic) bond motifs is 1. The summed E-state index contributed by atoms with van der Waals surface area (Å²) in [4.78, 5) is 30.0. The smallest absolute Gasteiger partial charge is 0.259 e. The number of benzene rings is 4.